The third-order valence-electron chi connectivity index (χ3n) is 2.71. The Morgan fingerprint density at radius 3 is 2.42 bits per heavy atom. The summed E-state index contributed by atoms with van der Waals surface area (Å²) in [6, 6.07) is 2.47. The van der Waals surface area contributed by atoms with Crippen molar-refractivity contribution in [2.75, 3.05) is 12.4 Å². The minimum Gasteiger partial charge on any atom is -0.211 e. The first kappa shape index (κ1) is 16.3. The Hall–Kier alpha value is -0.720. The molecule has 0 fully saturated rings. The van der Waals surface area contributed by atoms with Gasteiger partial charge in [-0.25, -0.2) is 21.9 Å². The number of sulfonamides is 1. The van der Waals surface area contributed by atoms with Crippen molar-refractivity contribution < 1.29 is 17.2 Å². The van der Waals surface area contributed by atoms with Crippen LogP contribution in [0, 0.1) is 17.0 Å². The lowest BCUT2D eigenvalue weighted by Crippen LogP contribution is -2.34. The minimum atomic E-state index is -3.85. The smallest absolute Gasteiger partial charge is 0.211 e. The average molecular weight is 312 g/mol. The summed E-state index contributed by atoms with van der Waals surface area (Å²) in [5.74, 6) is -1.86. The molecular weight excluding hydrogens is 296 g/mol. The van der Waals surface area contributed by atoms with Crippen LogP contribution in [-0.2, 0) is 10.0 Å². The van der Waals surface area contributed by atoms with Crippen molar-refractivity contribution in [3.05, 3.63) is 29.8 Å². The molecule has 19 heavy (non-hydrogen) atoms. The van der Waals surface area contributed by atoms with Crippen LogP contribution in [-0.4, -0.2) is 20.8 Å². The van der Waals surface area contributed by atoms with Crippen LogP contribution in [0.25, 0.3) is 0 Å². The maximum atomic E-state index is 13.0. The highest BCUT2D eigenvalue weighted by atomic mass is 35.5. The molecule has 1 aromatic carbocycles. The monoisotopic (exact) mass is 311 g/mol. The van der Waals surface area contributed by atoms with E-state index in [2.05, 4.69) is 4.72 Å². The minimum absolute atomic E-state index is 0.168. The van der Waals surface area contributed by atoms with Crippen LogP contribution >= 0.6 is 11.6 Å². The molecule has 0 radical (unpaired) electrons. The fourth-order valence-electron chi connectivity index (χ4n) is 1.36. The molecule has 0 saturated heterocycles. The lowest BCUT2D eigenvalue weighted by molar-refractivity contribution is 0.352. The SMILES string of the molecule is CC(C)(CCCl)CNS(=O)(=O)c1ccc(F)c(F)c1. The first-order valence-corrected chi connectivity index (χ1v) is 7.70. The zero-order chi connectivity index (χ0) is 14.7. The fraction of sp³-hybridized carbons (Fsp3) is 0.500. The molecule has 1 N–H and O–H groups in total. The Morgan fingerprint density at radius 2 is 1.89 bits per heavy atom. The molecule has 0 aliphatic rings. The quantitative estimate of drug-likeness (QED) is 0.821. The number of rotatable bonds is 6. The highest BCUT2D eigenvalue weighted by molar-refractivity contribution is 7.89. The van der Waals surface area contributed by atoms with E-state index in [1.54, 1.807) is 0 Å². The van der Waals surface area contributed by atoms with Gasteiger partial charge in [0.2, 0.25) is 10.0 Å². The number of benzene rings is 1. The number of nitrogens with one attached hydrogen (secondary N) is 1. The van der Waals surface area contributed by atoms with E-state index >= 15 is 0 Å². The van der Waals surface area contributed by atoms with Gasteiger partial charge < -0.3 is 0 Å². The maximum Gasteiger partial charge on any atom is 0.240 e. The molecule has 0 amide bonds. The van der Waals surface area contributed by atoms with Crippen molar-refractivity contribution >= 4 is 21.6 Å². The predicted octanol–water partition coefficient (Wildman–Crippen LogP) is 2.90. The molecule has 3 nitrogen and oxygen atoms in total. The second-order valence-corrected chi connectivity index (χ2v) is 7.15. The topological polar surface area (TPSA) is 46.2 Å². The van der Waals surface area contributed by atoms with Crippen molar-refractivity contribution in [1.82, 2.24) is 4.72 Å². The summed E-state index contributed by atoms with van der Waals surface area (Å²) >= 11 is 5.62. The molecule has 0 atom stereocenters. The first-order chi connectivity index (χ1) is 8.68. The Balaban J connectivity index is 2.84. The molecule has 0 aromatic heterocycles. The number of hydrogen-bond donors (Lipinski definition) is 1. The van der Waals surface area contributed by atoms with E-state index in [0.717, 1.165) is 12.1 Å². The standard InChI is InChI=1S/C12H16ClF2NO2S/c1-12(2,5-6-13)8-16-19(17,18)9-3-4-10(14)11(15)7-9/h3-4,7,16H,5-6,8H2,1-2H3. The van der Waals surface area contributed by atoms with Gasteiger partial charge in [-0.05, 0) is 30.0 Å². The summed E-state index contributed by atoms with van der Waals surface area (Å²) in [7, 11) is -3.85. The summed E-state index contributed by atoms with van der Waals surface area (Å²) in [4.78, 5) is -0.298. The molecule has 0 aliphatic carbocycles. The third kappa shape index (κ3) is 4.71. The maximum absolute atomic E-state index is 13.0. The third-order valence-corrected chi connectivity index (χ3v) is 4.30. The molecule has 0 heterocycles. The van der Waals surface area contributed by atoms with Crippen molar-refractivity contribution in [1.29, 1.82) is 0 Å². The van der Waals surface area contributed by atoms with Gasteiger partial charge in [-0.2, -0.15) is 0 Å². The Bertz CT molecular complexity index is 547. The van der Waals surface area contributed by atoms with Crippen LogP contribution in [0.15, 0.2) is 23.1 Å². The van der Waals surface area contributed by atoms with Gasteiger partial charge in [-0.1, -0.05) is 13.8 Å². The molecule has 108 valence electrons. The largest absolute Gasteiger partial charge is 0.240 e. The van der Waals surface area contributed by atoms with Crippen molar-refractivity contribution in [2.45, 2.75) is 25.2 Å². The van der Waals surface area contributed by atoms with Gasteiger partial charge in [0, 0.05) is 12.4 Å². The summed E-state index contributed by atoms with van der Waals surface area (Å²) in [5, 5.41) is 0. The van der Waals surface area contributed by atoms with Crippen molar-refractivity contribution in [2.24, 2.45) is 5.41 Å². The van der Waals surface area contributed by atoms with Crippen LogP contribution in [0.5, 0.6) is 0 Å². The summed E-state index contributed by atoms with van der Waals surface area (Å²) in [6.07, 6.45) is 0.634. The zero-order valence-corrected chi connectivity index (χ0v) is 12.3. The molecule has 0 unspecified atom stereocenters. The highest BCUT2D eigenvalue weighted by Gasteiger charge is 2.22. The van der Waals surface area contributed by atoms with E-state index in [-0.39, 0.29) is 16.9 Å². The van der Waals surface area contributed by atoms with Crippen LogP contribution < -0.4 is 4.72 Å². The molecule has 0 bridgehead atoms. The van der Waals surface area contributed by atoms with Crippen molar-refractivity contribution in [3.8, 4) is 0 Å². The van der Waals surface area contributed by atoms with E-state index in [4.69, 9.17) is 11.6 Å². The van der Waals surface area contributed by atoms with Crippen molar-refractivity contribution in [3.63, 3.8) is 0 Å². The molecule has 1 aromatic rings. The Labute approximate surface area is 117 Å². The first-order valence-electron chi connectivity index (χ1n) is 5.69. The average Bonchev–Trinajstić information content (AvgIpc) is 2.30. The Kier molecular flexibility index (Phi) is 5.29. The summed E-state index contributed by atoms with van der Waals surface area (Å²) in [6.45, 7) is 3.90. The molecule has 0 aliphatic heterocycles. The second kappa shape index (κ2) is 6.15. The van der Waals surface area contributed by atoms with E-state index in [1.165, 1.54) is 0 Å². The van der Waals surface area contributed by atoms with E-state index in [0.29, 0.717) is 18.4 Å². The van der Waals surface area contributed by atoms with Gasteiger partial charge >= 0.3 is 0 Å². The number of alkyl halides is 1. The summed E-state index contributed by atoms with van der Waals surface area (Å²) in [5.41, 5.74) is -0.312. The second-order valence-electron chi connectivity index (χ2n) is 5.00. The van der Waals surface area contributed by atoms with Crippen LogP contribution in [0.2, 0.25) is 0 Å². The molecule has 1 rings (SSSR count). The highest BCUT2D eigenvalue weighted by Crippen LogP contribution is 2.21. The van der Waals surface area contributed by atoms with Gasteiger partial charge in [0.15, 0.2) is 11.6 Å². The van der Waals surface area contributed by atoms with E-state index < -0.39 is 21.7 Å². The van der Waals surface area contributed by atoms with Gasteiger partial charge in [0.05, 0.1) is 4.90 Å². The number of halogens is 3. The lowest BCUT2D eigenvalue weighted by atomic mass is 9.91. The number of hydrogen-bond acceptors (Lipinski definition) is 2. The normalized spacial score (nSPS) is 12.7. The molecular formula is C12H16ClF2NO2S. The van der Waals surface area contributed by atoms with Gasteiger partial charge in [-0.15, -0.1) is 11.6 Å². The molecule has 0 saturated carbocycles. The van der Waals surface area contributed by atoms with Crippen LogP contribution in [0.1, 0.15) is 20.3 Å². The fourth-order valence-corrected chi connectivity index (χ4v) is 3.13. The lowest BCUT2D eigenvalue weighted by Gasteiger charge is -2.23. The molecule has 7 heteroatoms. The predicted molar refractivity (Wildman–Crippen MR) is 70.7 cm³/mol. The van der Waals surface area contributed by atoms with Crippen LogP contribution in [0.3, 0.4) is 0 Å². The van der Waals surface area contributed by atoms with Crippen LogP contribution in [0.4, 0.5) is 8.78 Å². The Morgan fingerprint density at radius 1 is 1.26 bits per heavy atom. The zero-order valence-electron chi connectivity index (χ0n) is 10.7. The van der Waals surface area contributed by atoms with Gasteiger partial charge in [-0.3, -0.25) is 0 Å². The summed E-state index contributed by atoms with van der Waals surface area (Å²) < 4.78 is 52.0. The van der Waals surface area contributed by atoms with E-state index in [9.17, 15) is 17.2 Å². The van der Waals surface area contributed by atoms with Gasteiger partial charge in [0.25, 0.3) is 0 Å². The van der Waals surface area contributed by atoms with Gasteiger partial charge in [0.1, 0.15) is 0 Å². The van der Waals surface area contributed by atoms with E-state index in [1.807, 2.05) is 13.8 Å². The molecule has 0 spiro atoms.